The van der Waals surface area contributed by atoms with E-state index < -0.39 is 17.3 Å². The number of phenols is 1. The summed E-state index contributed by atoms with van der Waals surface area (Å²) < 4.78 is 24.8. The fourth-order valence-electron chi connectivity index (χ4n) is 6.21. The minimum absolute atomic E-state index is 0.000246. The highest BCUT2D eigenvalue weighted by Gasteiger charge is 2.41. The Morgan fingerprint density at radius 2 is 2.04 bits per heavy atom. The monoisotopic (exact) mass is 707 g/mol. The van der Waals surface area contributed by atoms with Crippen LogP contribution in [0.15, 0.2) is 22.3 Å². The summed E-state index contributed by atoms with van der Waals surface area (Å²) in [5.41, 5.74) is 1.24. The molecule has 2 saturated heterocycles. The Balaban J connectivity index is 0.954. The summed E-state index contributed by atoms with van der Waals surface area (Å²) in [5, 5.41) is 16.2. The van der Waals surface area contributed by atoms with Crippen molar-refractivity contribution in [1.29, 1.82) is 0 Å². The molecule has 1 unspecified atom stereocenters. The van der Waals surface area contributed by atoms with Crippen molar-refractivity contribution in [3.63, 3.8) is 0 Å². The molecule has 2 fully saturated rings. The number of morpholine rings is 1. The van der Waals surface area contributed by atoms with Gasteiger partial charge in [0.05, 0.1) is 28.5 Å². The van der Waals surface area contributed by atoms with Gasteiger partial charge in [0.15, 0.2) is 0 Å². The first-order valence-electron chi connectivity index (χ1n) is 16.3. The number of unbranched alkanes of at least 4 members (excludes halogenated alkanes) is 1. The van der Waals surface area contributed by atoms with Crippen LogP contribution in [0.3, 0.4) is 0 Å². The summed E-state index contributed by atoms with van der Waals surface area (Å²) in [5.74, 6) is 1.60. The van der Waals surface area contributed by atoms with Crippen molar-refractivity contribution in [3.8, 4) is 5.75 Å². The number of thiazole rings is 2. The maximum atomic E-state index is 13.2. The molecule has 1 spiro atoms. The number of nitrogens with one attached hydrogen (secondary N) is 2. The van der Waals surface area contributed by atoms with Gasteiger partial charge in [-0.1, -0.05) is 42.4 Å². The van der Waals surface area contributed by atoms with E-state index >= 15 is 0 Å². The maximum absolute atomic E-state index is 13.2. The lowest BCUT2D eigenvalue weighted by Gasteiger charge is -2.47. The van der Waals surface area contributed by atoms with Gasteiger partial charge in [0, 0.05) is 56.0 Å². The van der Waals surface area contributed by atoms with Crippen LogP contribution in [0.2, 0.25) is 0 Å². The topological polar surface area (TPSA) is 160 Å². The van der Waals surface area contributed by atoms with E-state index in [2.05, 4.69) is 34.0 Å². The van der Waals surface area contributed by atoms with Gasteiger partial charge in [-0.15, -0.1) is 11.3 Å². The molecule has 3 aromatic rings. The van der Waals surface area contributed by atoms with Gasteiger partial charge >= 0.3 is 4.87 Å². The molecule has 4 heterocycles. The number of phenolic OH excluding ortho intramolecular Hbond substituents is 1. The van der Waals surface area contributed by atoms with Crippen LogP contribution in [0.1, 0.15) is 79.0 Å². The normalized spacial score (nSPS) is 18.2. The predicted octanol–water partition coefficient (Wildman–Crippen LogP) is 3.61. The van der Waals surface area contributed by atoms with E-state index in [1.807, 2.05) is 10.3 Å². The van der Waals surface area contributed by atoms with Gasteiger partial charge in [0.1, 0.15) is 34.6 Å². The summed E-state index contributed by atoms with van der Waals surface area (Å²) in [6, 6.07) is 3.14. The van der Waals surface area contributed by atoms with Gasteiger partial charge in [-0.05, 0) is 38.3 Å². The van der Waals surface area contributed by atoms with Gasteiger partial charge in [-0.3, -0.25) is 14.4 Å². The quantitative estimate of drug-likeness (QED) is 0.114. The van der Waals surface area contributed by atoms with Crippen LogP contribution in [-0.2, 0) is 25.4 Å². The lowest BCUT2D eigenvalue weighted by Crippen LogP contribution is -2.58. The highest BCUT2D eigenvalue weighted by Crippen LogP contribution is 2.33. The van der Waals surface area contributed by atoms with E-state index in [4.69, 9.17) is 9.47 Å². The first-order valence-corrected chi connectivity index (χ1v) is 19.5. The first-order chi connectivity index (χ1) is 22.7. The van der Waals surface area contributed by atoms with Crippen LogP contribution < -0.4 is 10.2 Å². The summed E-state index contributed by atoms with van der Waals surface area (Å²) in [6.45, 7) is 10.1. The number of carbonyl (C=O) groups is 2. The highest BCUT2D eigenvalue weighted by molar-refractivity contribution is 7.91. The van der Waals surface area contributed by atoms with Crippen LogP contribution in [0.4, 0.5) is 0 Å². The molecule has 1 aromatic carbocycles. The number of piperidine rings is 1. The third-order valence-corrected chi connectivity index (χ3v) is 12.4. The summed E-state index contributed by atoms with van der Waals surface area (Å²) in [7, 11) is 0. The minimum Gasteiger partial charge on any atom is -0.616 e. The van der Waals surface area contributed by atoms with E-state index in [-0.39, 0.29) is 22.1 Å². The number of rotatable bonds is 16. The van der Waals surface area contributed by atoms with Gasteiger partial charge in [0.25, 0.3) is 12.4 Å². The van der Waals surface area contributed by atoms with Crippen molar-refractivity contribution in [2.75, 3.05) is 63.9 Å². The summed E-state index contributed by atoms with van der Waals surface area (Å²) in [6.07, 6.45) is 3.68. The van der Waals surface area contributed by atoms with E-state index in [9.17, 15) is 24.0 Å². The van der Waals surface area contributed by atoms with E-state index in [1.54, 1.807) is 17.4 Å². The number of benzene rings is 1. The van der Waals surface area contributed by atoms with Crippen molar-refractivity contribution in [2.24, 2.45) is 0 Å². The molecule has 0 radical (unpaired) electrons. The molecule has 47 heavy (non-hydrogen) atoms. The molecule has 2 aromatic heterocycles. The number of hydrogen-bond acceptors (Lipinski definition) is 12. The second-order valence-corrected chi connectivity index (χ2v) is 16.1. The molecule has 258 valence electrons. The second-order valence-electron chi connectivity index (χ2n) is 12.6. The zero-order valence-electron chi connectivity index (χ0n) is 27.0. The number of fused-ring (bicyclic) bond motifs is 1. The molecular formula is C32H45N5O7S3. The van der Waals surface area contributed by atoms with Crippen LogP contribution in [0.5, 0.6) is 5.75 Å². The zero-order valence-corrected chi connectivity index (χ0v) is 29.5. The molecule has 1 amide bonds. The average molecular weight is 708 g/mol. The molecule has 0 bridgehead atoms. The molecule has 2 atom stereocenters. The number of aromatic amines is 1. The second kappa shape index (κ2) is 16.7. The van der Waals surface area contributed by atoms with Crippen LogP contribution in [0.25, 0.3) is 10.2 Å². The SMILES string of the molecule is CC(C)c1nc(C(=O)N2CCOC3(CCN(CCC[S+]([O-])CCCCNC[C@H](OC=O)c4ccc(O)c5[nH]c(=O)sc45)CC3)C2)cs1. The Hall–Kier alpha value is -2.53. The fraction of sp³-hybridized carbons (Fsp3) is 0.625. The van der Waals surface area contributed by atoms with E-state index in [0.29, 0.717) is 78.2 Å². The molecule has 3 N–H and O–H groups in total. The summed E-state index contributed by atoms with van der Waals surface area (Å²) >= 11 is 1.63. The average Bonchev–Trinajstić information content (AvgIpc) is 3.71. The number of aromatic hydroxyl groups is 1. The van der Waals surface area contributed by atoms with Gasteiger partial charge < -0.3 is 39.2 Å². The zero-order chi connectivity index (χ0) is 33.4. The number of ether oxygens (including phenoxy) is 2. The van der Waals surface area contributed by atoms with E-state index in [1.165, 1.54) is 6.07 Å². The summed E-state index contributed by atoms with van der Waals surface area (Å²) in [4.78, 5) is 47.3. The number of H-pyrrole nitrogens is 1. The minimum atomic E-state index is -0.882. The first kappa shape index (κ1) is 35.8. The Morgan fingerprint density at radius 1 is 1.26 bits per heavy atom. The molecule has 2 aliphatic rings. The Kier molecular flexibility index (Phi) is 12.7. The van der Waals surface area contributed by atoms with Crippen molar-refractivity contribution in [2.45, 2.75) is 63.6 Å². The van der Waals surface area contributed by atoms with Gasteiger partial charge in [0.2, 0.25) is 0 Å². The Bertz CT molecular complexity index is 1530. The van der Waals surface area contributed by atoms with Crippen molar-refractivity contribution in [3.05, 3.63) is 43.4 Å². The largest absolute Gasteiger partial charge is 0.616 e. The Labute approximate surface area is 286 Å². The molecule has 15 heteroatoms. The fourth-order valence-corrected chi connectivity index (χ4v) is 9.11. The lowest BCUT2D eigenvalue weighted by atomic mass is 9.89. The molecule has 12 nitrogen and oxygen atoms in total. The van der Waals surface area contributed by atoms with Crippen LogP contribution in [0, 0.1) is 0 Å². The van der Waals surface area contributed by atoms with Crippen LogP contribution in [-0.4, -0.2) is 111 Å². The van der Waals surface area contributed by atoms with Gasteiger partial charge in [-0.25, -0.2) is 4.98 Å². The third kappa shape index (κ3) is 9.34. The predicted molar refractivity (Wildman–Crippen MR) is 185 cm³/mol. The molecule has 2 aliphatic heterocycles. The molecule has 0 aliphatic carbocycles. The van der Waals surface area contributed by atoms with Gasteiger partial charge in [-0.2, -0.15) is 0 Å². The number of nitrogens with zero attached hydrogens (tertiary/aromatic N) is 3. The number of hydrogen-bond donors (Lipinski definition) is 3. The number of carbonyl (C=O) groups excluding carboxylic acids is 2. The van der Waals surface area contributed by atoms with E-state index in [0.717, 1.165) is 68.1 Å². The van der Waals surface area contributed by atoms with Crippen molar-refractivity contribution in [1.82, 2.24) is 25.1 Å². The number of amides is 1. The number of aromatic nitrogens is 2. The highest BCUT2D eigenvalue weighted by atomic mass is 32.2. The van der Waals surface area contributed by atoms with Crippen molar-refractivity contribution >= 4 is 56.4 Å². The standard InChI is InChI=1S/C32H45N5O7S3/c1-22(2)29-34-24(19-45-29)30(40)37-14-15-44-32(20-37)8-12-36(13-9-32)11-5-17-47(42)16-4-3-10-33-18-26(43-21-38)23-6-7-25(39)27-28(23)46-31(41)35-27/h6-7,19,21-22,26,33,39H,3-5,8-18,20H2,1-2H3,(H,35,41)/t26-,47?/m0/s1. The lowest BCUT2D eigenvalue weighted by molar-refractivity contribution is -0.133. The Morgan fingerprint density at radius 3 is 2.79 bits per heavy atom. The number of likely N-dealkylation sites (tertiary alicyclic amines) is 1. The maximum Gasteiger partial charge on any atom is 0.305 e. The third-order valence-electron chi connectivity index (χ3n) is 8.84. The smallest absolute Gasteiger partial charge is 0.305 e. The molecule has 5 rings (SSSR count). The molecule has 0 saturated carbocycles. The molecular weight excluding hydrogens is 663 g/mol. The van der Waals surface area contributed by atoms with Crippen molar-refractivity contribution < 1.29 is 28.7 Å². The van der Waals surface area contributed by atoms with Crippen LogP contribution >= 0.6 is 22.7 Å².